The Kier molecular flexibility index (Phi) is 5.64. The van der Waals surface area contributed by atoms with Gasteiger partial charge >= 0.3 is 0 Å². The van der Waals surface area contributed by atoms with Crippen molar-refractivity contribution in [3.8, 4) is 0 Å². The van der Waals surface area contributed by atoms with Gasteiger partial charge in [-0.2, -0.15) is 0 Å². The third-order valence-electron chi connectivity index (χ3n) is 2.30. The van der Waals surface area contributed by atoms with E-state index in [1.54, 1.807) is 0 Å². The number of benzene rings is 1. The predicted molar refractivity (Wildman–Crippen MR) is 65.5 cm³/mol. The van der Waals surface area contributed by atoms with Crippen molar-refractivity contribution in [2.75, 3.05) is 18.8 Å². The minimum Gasteiger partial charge on any atom is -0.316 e. The second-order valence-corrected chi connectivity index (χ2v) is 5.66. The third-order valence-corrected chi connectivity index (χ3v) is 3.62. The average molecular weight is 278 g/mol. The van der Waals surface area contributed by atoms with Crippen molar-refractivity contribution in [3.63, 3.8) is 0 Å². The SMILES string of the molecule is CCNCCS(=O)(=O)NCc1ccc(F)cc1F. The van der Waals surface area contributed by atoms with Crippen molar-refractivity contribution in [3.05, 3.63) is 35.4 Å². The van der Waals surface area contributed by atoms with Crippen LogP contribution in [0.1, 0.15) is 12.5 Å². The Hall–Kier alpha value is -1.05. The van der Waals surface area contributed by atoms with Crippen LogP contribution in [0.25, 0.3) is 0 Å². The molecule has 4 nitrogen and oxygen atoms in total. The van der Waals surface area contributed by atoms with E-state index in [1.165, 1.54) is 6.07 Å². The lowest BCUT2D eigenvalue weighted by Crippen LogP contribution is -2.31. The quantitative estimate of drug-likeness (QED) is 0.731. The molecule has 0 fully saturated rings. The number of halogens is 2. The molecule has 0 bridgehead atoms. The van der Waals surface area contributed by atoms with E-state index >= 15 is 0 Å². The summed E-state index contributed by atoms with van der Waals surface area (Å²) in [4.78, 5) is 0. The van der Waals surface area contributed by atoms with Gasteiger partial charge in [-0.1, -0.05) is 13.0 Å². The van der Waals surface area contributed by atoms with Crippen LogP contribution < -0.4 is 10.0 Å². The Morgan fingerprint density at radius 3 is 2.61 bits per heavy atom. The molecule has 1 rings (SSSR count). The Balaban J connectivity index is 2.53. The lowest BCUT2D eigenvalue weighted by Gasteiger charge is -2.07. The molecule has 0 spiro atoms. The molecule has 0 unspecified atom stereocenters. The molecule has 0 aliphatic rings. The summed E-state index contributed by atoms with van der Waals surface area (Å²) in [7, 11) is -3.45. The molecule has 0 radical (unpaired) electrons. The fraction of sp³-hybridized carbons (Fsp3) is 0.455. The molecule has 1 aromatic rings. The molecule has 102 valence electrons. The van der Waals surface area contributed by atoms with Crippen LogP contribution in [0.4, 0.5) is 8.78 Å². The van der Waals surface area contributed by atoms with Gasteiger partial charge in [0.2, 0.25) is 10.0 Å². The van der Waals surface area contributed by atoms with Crippen LogP contribution in [0.5, 0.6) is 0 Å². The molecule has 0 heterocycles. The van der Waals surface area contributed by atoms with E-state index in [0.29, 0.717) is 13.1 Å². The van der Waals surface area contributed by atoms with Crippen LogP contribution in [0, 0.1) is 11.6 Å². The monoisotopic (exact) mass is 278 g/mol. The topological polar surface area (TPSA) is 58.2 Å². The largest absolute Gasteiger partial charge is 0.316 e. The van der Waals surface area contributed by atoms with E-state index in [-0.39, 0.29) is 17.9 Å². The molecule has 0 amide bonds. The van der Waals surface area contributed by atoms with Gasteiger partial charge in [0.05, 0.1) is 5.75 Å². The summed E-state index contributed by atoms with van der Waals surface area (Å²) in [5, 5.41) is 2.88. The Labute approximate surface area is 105 Å². The Bertz CT molecular complexity index is 492. The van der Waals surface area contributed by atoms with Gasteiger partial charge < -0.3 is 5.32 Å². The summed E-state index contributed by atoms with van der Waals surface area (Å²) in [6, 6.07) is 3.03. The lowest BCUT2D eigenvalue weighted by atomic mass is 10.2. The number of rotatable bonds is 7. The average Bonchev–Trinajstić information content (AvgIpc) is 2.28. The van der Waals surface area contributed by atoms with Crippen LogP contribution in [-0.4, -0.2) is 27.3 Å². The maximum Gasteiger partial charge on any atom is 0.213 e. The molecule has 7 heteroatoms. The molecule has 18 heavy (non-hydrogen) atoms. The van der Waals surface area contributed by atoms with Crippen LogP contribution in [0.2, 0.25) is 0 Å². The van der Waals surface area contributed by atoms with Crippen LogP contribution in [0.15, 0.2) is 18.2 Å². The smallest absolute Gasteiger partial charge is 0.213 e. The lowest BCUT2D eigenvalue weighted by molar-refractivity contribution is 0.561. The highest BCUT2D eigenvalue weighted by atomic mass is 32.2. The highest BCUT2D eigenvalue weighted by molar-refractivity contribution is 7.89. The van der Waals surface area contributed by atoms with Crippen LogP contribution >= 0.6 is 0 Å². The van der Waals surface area contributed by atoms with Crippen molar-refractivity contribution in [2.45, 2.75) is 13.5 Å². The molecule has 0 atom stereocenters. The maximum absolute atomic E-state index is 13.2. The van der Waals surface area contributed by atoms with Gasteiger partial charge in [-0.15, -0.1) is 0 Å². The summed E-state index contributed by atoms with van der Waals surface area (Å²) in [6.07, 6.45) is 0. The van der Waals surface area contributed by atoms with E-state index < -0.39 is 21.7 Å². The molecule has 0 saturated heterocycles. The van der Waals surface area contributed by atoms with Crippen LogP contribution in [0.3, 0.4) is 0 Å². The molecule has 0 aliphatic heterocycles. The van der Waals surface area contributed by atoms with Gasteiger partial charge in [0.15, 0.2) is 0 Å². The fourth-order valence-corrected chi connectivity index (χ4v) is 2.24. The highest BCUT2D eigenvalue weighted by Gasteiger charge is 2.11. The van der Waals surface area contributed by atoms with E-state index in [1.807, 2.05) is 6.92 Å². The molecule has 2 N–H and O–H groups in total. The van der Waals surface area contributed by atoms with Gasteiger partial charge in [-0.05, 0) is 12.6 Å². The van der Waals surface area contributed by atoms with E-state index in [9.17, 15) is 17.2 Å². The molecular formula is C11H16F2N2O2S. The zero-order valence-corrected chi connectivity index (χ0v) is 10.9. The zero-order chi connectivity index (χ0) is 13.6. The number of nitrogens with one attached hydrogen (secondary N) is 2. The first-order chi connectivity index (χ1) is 8.44. The fourth-order valence-electron chi connectivity index (χ4n) is 1.31. The standard InChI is InChI=1S/C11H16F2N2O2S/c1-2-14-5-6-18(16,17)15-8-9-3-4-10(12)7-11(9)13/h3-4,7,14-15H,2,5-6,8H2,1H3. The maximum atomic E-state index is 13.2. The second-order valence-electron chi connectivity index (χ2n) is 3.73. The van der Waals surface area contributed by atoms with Gasteiger partial charge in [0, 0.05) is 24.7 Å². The van der Waals surface area contributed by atoms with Gasteiger partial charge in [0.1, 0.15) is 11.6 Å². The molecular weight excluding hydrogens is 262 g/mol. The second kappa shape index (κ2) is 6.77. The van der Waals surface area contributed by atoms with Crippen molar-refractivity contribution < 1.29 is 17.2 Å². The summed E-state index contributed by atoms with van der Waals surface area (Å²) < 4.78 is 51.2. The Morgan fingerprint density at radius 2 is 2.00 bits per heavy atom. The summed E-state index contributed by atoms with van der Waals surface area (Å²) in [5.74, 6) is -1.53. The first-order valence-electron chi connectivity index (χ1n) is 5.56. The van der Waals surface area contributed by atoms with Crippen molar-refractivity contribution in [1.82, 2.24) is 10.0 Å². The van der Waals surface area contributed by atoms with Gasteiger partial charge in [-0.25, -0.2) is 21.9 Å². The first kappa shape index (κ1) is 15.0. The number of hydrogen-bond donors (Lipinski definition) is 2. The summed E-state index contributed by atoms with van der Waals surface area (Å²) in [6.45, 7) is 2.70. The minimum atomic E-state index is -3.45. The molecule has 0 saturated carbocycles. The van der Waals surface area contributed by atoms with Gasteiger partial charge in [-0.3, -0.25) is 0 Å². The van der Waals surface area contributed by atoms with Crippen molar-refractivity contribution >= 4 is 10.0 Å². The van der Waals surface area contributed by atoms with Crippen LogP contribution in [-0.2, 0) is 16.6 Å². The predicted octanol–water partition coefficient (Wildman–Crippen LogP) is 0.994. The normalized spacial score (nSPS) is 11.7. The number of sulfonamides is 1. The summed E-state index contributed by atoms with van der Waals surface area (Å²) >= 11 is 0. The first-order valence-corrected chi connectivity index (χ1v) is 7.22. The van der Waals surface area contributed by atoms with Crippen molar-refractivity contribution in [2.24, 2.45) is 0 Å². The molecule has 0 aliphatic carbocycles. The zero-order valence-electron chi connectivity index (χ0n) is 10.0. The number of hydrogen-bond acceptors (Lipinski definition) is 3. The Morgan fingerprint density at radius 1 is 1.28 bits per heavy atom. The van der Waals surface area contributed by atoms with E-state index in [0.717, 1.165) is 12.1 Å². The summed E-state index contributed by atoms with van der Waals surface area (Å²) in [5.41, 5.74) is 0.114. The molecule has 1 aromatic carbocycles. The van der Waals surface area contributed by atoms with E-state index in [4.69, 9.17) is 0 Å². The third kappa shape index (κ3) is 5.07. The van der Waals surface area contributed by atoms with Crippen molar-refractivity contribution in [1.29, 1.82) is 0 Å². The van der Waals surface area contributed by atoms with Gasteiger partial charge in [0.25, 0.3) is 0 Å². The highest BCUT2D eigenvalue weighted by Crippen LogP contribution is 2.09. The molecule has 0 aromatic heterocycles. The van der Waals surface area contributed by atoms with E-state index in [2.05, 4.69) is 10.0 Å². The minimum absolute atomic E-state index is 0.0797.